The van der Waals surface area contributed by atoms with Crippen LogP contribution in [0.15, 0.2) is 54.6 Å². The van der Waals surface area contributed by atoms with E-state index >= 15 is 0 Å². The smallest absolute Gasteiger partial charge is 0.321 e. The fraction of sp³-hybridized carbons (Fsp3) is 0.316. The minimum atomic E-state index is -3.39. The predicted octanol–water partition coefficient (Wildman–Crippen LogP) is 2.67. The van der Waals surface area contributed by atoms with Crippen LogP contribution in [-0.2, 0) is 15.8 Å². The number of hydrogen-bond acceptors (Lipinski definition) is 3. The van der Waals surface area contributed by atoms with Gasteiger partial charge in [-0.25, -0.2) is 13.2 Å². The molecule has 26 heavy (non-hydrogen) atoms. The molecule has 0 aliphatic carbocycles. The quantitative estimate of drug-likeness (QED) is 0.896. The molecule has 2 aromatic rings. The van der Waals surface area contributed by atoms with Crippen LogP contribution in [0.4, 0.5) is 10.5 Å². The monoisotopic (exact) mass is 373 g/mol. The van der Waals surface area contributed by atoms with E-state index in [0.717, 1.165) is 16.8 Å². The molecule has 1 N–H and O–H groups in total. The SMILES string of the molecule is Cc1cccc(CS(=O)(=O)N2CCN(C(=O)Nc3ccccc3)CC2)c1. The number of hydrogen-bond donors (Lipinski definition) is 1. The third kappa shape index (κ3) is 4.62. The molecule has 1 saturated heterocycles. The fourth-order valence-corrected chi connectivity index (χ4v) is 4.50. The number of piperazine rings is 1. The zero-order valence-corrected chi connectivity index (χ0v) is 15.6. The molecule has 0 unspecified atom stereocenters. The van der Waals surface area contributed by atoms with Crippen molar-refractivity contribution < 1.29 is 13.2 Å². The van der Waals surface area contributed by atoms with E-state index in [1.54, 1.807) is 4.90 Å². The van der Waals surface area contributed by atoms with E-state index in [9.17, 15) is 13.2 Å². The van der Waals surface area contributed by atoms with Crippen molar-refractivity contribution in [2.45, 2.75) is 12.7 Å². The third-order valence-corrected chi connectivity index (χ3v) is 6.23. The van der Waals surface area contributed by atoms with Crippen molar-refractivity contribution in [3.63, 3.8) is 0 Å². The average molecular weight is 373 g/mol. The maximum Gasteiger partial charge on any atom is 0.321 e. The first-order chi connectivity index (χ1) is 12.4. The van der Waals surface area contributed by atoms with Gasteiger partial charge in [0.1, 0.15) is 0 Å². The zero-order chi connectivity index (χ0) is 18.6. The normalized spacial score (nSPS) is 15.7. The van der Waals surface area contributed by atoms with Gasteiger partial charge in [0.05, 0.1) is 5.75 Å². The van der Waals surface area contributed by atoms with Gasteiger partial charge in [0.15, 0.2) is 0 Å². The molecule has 0 aromatic heterocycles. The molecule has 1 fully saturated rings. The minimum absolute atomic E-state index is 0.00904. The lowest BCUT2D eigenvalue weighted by Gasteiger charge is -2.34. The Morgan fingerprint density at radius 1 is 1.00 bits per heavy atom. The largest absolute Gasteiger partial charge is 0.322 e. The van der Waals surface area contributed by atoms with Gasteiger partial charge in [-0.1, -0.05) is 48.0 Å². The van der Waals surface area contributed by atoms with Gasteiger partial charge in [0.25, 0.3) is 0 Å². The average Bonchev–Trinajstić information content (AvgIpc) is 2.62. The van der Waals surface area contributed by atoms with Gasteiger partial charge in [0, 0.05) is 31.9 Å². The summed E-state index contributed by atoms with van der Waals surface area (Å²) in [5, 5.41) is 2.83. The Balaban J connectivity index is 1.56. The van der Waals surface area contributed by atoms with Crippen molar-refractivity contribution in [2.75, 3.05) is 31.5 Å². The van der Waals surface area contributed by atoms with Crippen molar-refractivity contribution in [3.05, 3.63) is 65.7 Å². The third-order valence-electron chi connectivity index (χ3n) is 4.38. The molecule has 1 aliphatic heterocycles. The molecular formula is C19H23N3O3S. The van der Waals surface area contributed by atoms with Gasteiger partial charge in [0.2, 0.25) is 10.0 Å². The zero-order valence-electron chi connectivity index (χ0n) is 14.8. The lowest BCUT2D eigenvalue weighted by molar-refractivity contribution is 0.184. The Morgan fingerprint density at radius 2 is 1.69 bits per heavy atom. The molecule has 0 atom stereocenters. The number of anilines is 1. The molecule has 0 saturated carbocycles. The molecule has 2 aromatic carbocycles. The van der Waals surface area contributed by atoms with Crippen molar-refractivity contribution >= 4 is 21.7 Å². The van der Waals surface area contributed by atoms with Crippen LogP contribution in [0, 0.1) is 6.92 Å². The van der Waals surface area contributed by atoms with E-state index in [2.05, 4.69) is 5.32 Å². The summed E-state index contributed by atoms with van der Waals surface area (Å²) in [6.07, 6.45) is 0. The highest BCUT2D eigenvalue weighted by atomic mass is 32.2. The molecule has 1 heterocycles. The van der Waals surface area contributed by atoms with Gasteiger partial charge in [-0.15, -0.1) is 0 Å². The molecule has 3 rings (SSSR count). The second-order valence-corrected chi connectivity index (χ2v) is 8.40. The summed E-state index contributed by atoms with van der Waals surface area (Å²) < 4.78 is 26.8. The standard InChI is InChI=1S/C19H23N3O3S/c1-16-6-5-7-17(14-16)15-26(24,25)22-12-10-21(11-13-22)19(23)20-18-8-3-2-4-9-18/h2-9,14H,10-13,15H2,1H3,(H,20,23). The van der Waals surface area contributed by atoms with Crippen LogP contribution >= 0.6 is 0 Å². The molecule has 0 spiro atoms. The molecule has 0 bridgehead atoms. The number of nitrogens with one attached hydrogen (secondary N) is 1. The lowest BCUT2D eigenvalue weighted by Crippen LogP contribution is -2.51. The Bertz CT molecular complexity index is 861. The molecule has 6 nitrogen and oxygen atoms in total. The molecule has 1 aliphatic rings. The first-order valence-corrected chi connectivity index (χ1v) is 10.2. The van der Waals surface area contributed by atoms with Crippen LogP contribution in [0.2, 0.25) is 0 Å². The first kappa shape index (κ1) is 18.4. The summed E-state index contributed by atoms with van der Waals surface area (Å²) in [5.74, 6) is -0.00904. The van der Waals surface area contributed by atoms with Crippen LogP contribution in [0.25, 0.3) is 0 Å². The molecule has 138 valence electrons. The Morgan fingerprint density at radius 3 is 2.35 bits per heavy atom. The fourth-order valence-electron chi connectivity index (χ4n) is 3.00. The van der Waals surface area contributed by atoms with Crippen molar-refractivity contribution in [3.8, 4) is 0 Å². The van der Waals surface area contributed by atoms with E-state index in [4.69, 9.17) is 0 Å². The van der Waals surface area contributed by atoms with E-state index in [0.29, 0.717) is 26.2 Å². The van der Waals surface area contributed by atoms with E-state index in [1.165, 1.54) is 4.31 Å². The topological polar surface area (TPSA) is 69.7 Å². The minimum Gasteiger partial charge on any atom is -0.322 e. The van der Waals surface area contributed by atoms with Gasteiger partial charge in [-0.2, -0.15) is 4.31 Å². The van der Waals surface area contributed by atoms with Gasteiger partial charge in [-0.3, -0.25) is 0 Å². The van der Waals surface area contributed by atoms with Crippen LogP contribution in [0.1, 0.15) is 11.1 Å². The highest BCUT2D eigenvalue weighted by Crippen LogP contribution is 2.15. The van der Waals surface area contributed by atoms with Gasteiger partial charge in [-0.05, 0) is 24.6 Å². The predicted molar refractivity (Wildman–Crippen MR) is 102 cm³/mol. The Kier molecular flexibility index (Phi) is 5.58. The lowest BCUT2D eigenvalue weighted by atomic mass is 10.2. The number of para-hydroxylation sites is 1. The van der Waals surface area contributed by atoms with Crippen molar-refractivity contribution in [2.24, 2.45) is 0 Å². The number of rotatable bonds is 4. The number of nitrogens with zero attached hydrogens (tertiary/aromatic N) is 2. The highest BCUT2D eigenvalue weighted by Gasteiger charge is 2.29. The number of benzene rings is 2. The Labute approximate surface area is 154 Å². The number of amides is 2. The summed E-state index contributed by atoms with van der Waals surface area (Å²) in [6.45, 7) is 3.34. The summed E-state index contributed by atoms with van der Waals surface area (Å²) in [6, 6.07) is 16.6. The van der Waals surface area contributed by atoms with Crippen LogP contribution in [0.5, 0.6) is 0 Å². The number of sulfonamides is 1. The van der Waals surface area contributed by atoms with Crippen LogP contribution in [0.3, 0.4) is 0 Å². The summed E-state index contributed by atoms with van der Waals surface area (Å²) in [7, 11) is -3.39. The second-order valence-electron chi connectivity index (χ2n) is 6.43. The first-order valence-electron chi connectivity index (χ1n) is 8.58. The highest BCUT2D eigenvalue weighted by molar-refractivity contribution is 7.88. The maximum atomic E-state index is 12.6. The number of carbonyl (C=O) groups excluding carboxylic acids is 1. The van der Waals surface area contributed by atoms with E-state index in [1.807, 2.05) is 61.5 Å². The second kappa shape index (κ2) is 7.88. The van der Waals surface area contributed by atoms with E-state index < -0.39 is 10.0 Å². The number of carbonyl (C=O) groups is 1. The molecular weight excluding hydrogens is 350 g/mol. The number of aryl methyl sites for hydroxylation is 1. The maximum absolute atomic E-state index is 12.6. The number of urea groups is 1. The van der Waals surface area contributed by atoms with Crippen molar-refractivity contribution in [1.29, 1.82) is 0 Å². The molecule has 0 radical (unpaired) electrons. The van der Waals surface area contributed by atoms with Crippen molar-refractivity contribution in [1.82, 2.24) is 9.21 Å². The summed E-state index contributed by atoms with van der Waals surface area (Å²) in [4.78, 5) is 13.9. The molecule has 7 heteroatoms. The van der Waals surface area contributed by atoms with Gasteiger partial charge >= 0.3 is 6.03 Å². The Hall–Kier alpha value is -2.38. The summed E-state index contributed by atoms with van der Waals surface area (Å²) >= 11 is 0. The molecule has 2 amide bonds. The van der Waals surface area contributed by atoms with Crippen LogP contribution < -0.4 is 5.32 Å². The van der Waals surface area contributed by atoms with E-state index in [-0.39, 0.29) is 11.8 Å². The van der Waals surface area contributed by atoms with Gasteiger partial charge < -0.3 is 10.2 Å². The van der Waals surface area contributed by atoms with Crippen LogP contribution in [-0.4, -0.2) is 49.8 Å². The summed E-state index contributed by atoms with van der Waals surface area (Å²) in [5.41, 5.74) is 2.56.